The smallest absolute Gasteiger partial charge is 1.00 e. The van der Waals surface area contributed by atoms with Crippen LogP contribution < -0.4 is 35.2 Å². The summed E-state index contributed by atoms with van der Waals surface area (Å²) in [5.41, 5.74) is 3.31. The minimum absolute atomic E-state index is 0. The van der Waals surface area contributed by atoms with Crippen molar-refractivity contribution in [2.24, 2.45) is 0 Å². The van der Waals surface area contributed by atoms with Crippen molar-refractivity contribution in [2.75, 3.05) is 0 Å². The van der Waals surface area contributed by atoms with Gasteiger partial charge in [0.1, 0.15) is 0 Å². The van der Waals surface area contributed by atoms with Crippen LogP contribution in [-0.4, -0.2) is 8.07 Å². The van der Waals surface area contributed by atoms with Crippen molar-refractivity contribution in [2.45, 2.75) is 65.5 Å². The Labute approximate surface area is 222 Å². The number of halogens is 2. The molecule has 0 aliphatic heterocycles. The van der Waals surface area contributed by atoms with E-state index in [2.05, 4.69) is 115 Å². The zero-order valence-electron chi connectivity index (χ0n) is 20.5. The minimum atomic E-state index is -1.99. The number of benzene rings is 2. The Morgan fingerprint density at radius 1 is 0.594 bits per heavy atom. The molecule has 0 unspecified atom stereocenters. The van der Waals surface area contributed by atoms with E-state index in [-0.39, 0.29) is 57.4 Å². The normalized spacial score (nSPS) is 12.2. The van der Waals surface area contributed by atoms with Gasteiger partial charge in [0.2, 0.25) is 0 Å². The van der Waals surface area contributed by atoms with Crippen LogP contribution in [0.25, 0.3) is 21.5 Å². The second kappa shape index (κ2) is 9.81. The molecule has 0 fully saturated rings. The van der Waals surface area contributed by atoms with Crippen molar-refractivity contribution in [1.29, 1.82) is 0 Å². The fourth-order valence-electron chi connectivity index (χ4n) is 5.10. The standard InChI is InChI=1S/C28H34Si.2ClH.Ti/c1-27(2,3)23-17-19-13-9-11-15-21(19)25(23)29(7,8)26-22-16-12-10-14-20(22)18-24(26)28(4,5)6;;;/h9-18H,1-8H3;2*1H;/q-2;;;+4/p-2. The molecular formula is C28H34Cl2SiTi. The Balaban J connectivity index is 0.00000171. The molecule has 4 aromatic rings. The molecule has 0 saturated heterocycles. The average molecular weight is 517 g/mol. The van der Waals surface area contributed by atoms with Gasteiger partial charge in [0.05, 0.1) is 0 Å². The summed E-state index contributed by atoms with van der Waals surface area (Å²) in [5.74, 6) is 0. The second-order valence-electron chi connectivity index (χ2n) is 11.2. The molecule has 168 valence electrons. The van der Waals surface area contributed by atoms with E-state index in [1.165, 1.54) is 32.7 Å². The van der Waals surface area contributed by atoms with E-state index in [0.717, 1.165) is 0 Å². The quantitative estimate of drug-likeness (QED) is 0.274. The third kappa shape index (κ3) is 4.84. The Morgan fingerprint density at radius 2 is 0.906 bits per heavy atom. The maximum Gasteiger partial charge on any atom is 4.00 e. The first kappa shape index (κ1) is 29.2. The molecule has 4 rings (SSSR count). The Kier molecular flexibility index (Phi) is 8.95. The third-order valence-electron chi connectivity index (χ3n) is 6.46. The van der Waals surface area contributed by atoms with Gasteiger partial charge in [0.15, 0.2) is 0 Å². The predicted octanol–water partition coefficient (Wildman–Crippen LogP) is 0.854. The Morgan fingerprint density at radius 3 is 1.22 bits per heavy atom. The van der Waals surface area contributed by atoms with Crippen LogP contribution in [0, 0.1) is 0 Å². The molecular weight excluding hydrogens is 483 g/mol. The molecule has 0 radical (unpaired) electrons. The molecule has 0 aromatic heterocycles. The molecule has 0 aliphatic carbocycles. The van der Waals surface area contributed by atoms with E-state index in [1.807, 2.05) is 0 Å². The van der Waals surface area contributed by atoms with Crippen LogP contribution in [0.3, 0.4) is 0 Å². The maximum absolute atomic E-state index is 2.57. The third-order valence-corrected chi connectivity index (χ3v) is 10.0. The predicted molar refractivity (Wildman–Crippen MR) is 133 cm³/mol. The second-order valence-corrected chi connectivity index (χ2v) is 15.4. The van der Waals surface area contributed by atoms with Gasteiger partial charge in [-0.25, -0.2) is 0 Å². The first-order valence-electron chi connectivity index (χ1n) is 10.8. The van der Waals surface area contributed by atoms with E-state index in [4.69, 9.17) is 0 Å². The van der Waals surface area contributed by atoms with Crippen LogP contribution in [0.15, 0.2) is 60.7 Å². The molecule has 32 heavy (non-hydrogen) atoms. The van der Waals surface area contributed by atoms with Crippen LogP contribution in [-0.2, 0) is 32.5 Å². The van der Waals surface area contributed by atoms with Gasteiger partial charge < -0.3 is 24.8 Å². The molecule has 4 heteroatoms. The van der Waals surface area contributed by atoms with Crippen molar-refractivity contribution in [3.8, 4) is 0 Å². The molecule has 0 atom stereocenters. The van der Waals surface area contributed by atoms with Crippen molar-refractivity contribution >= 4 is 40.0 Å². The molecule has 0 heterocycles. The van der Waals surface area contributed by atoms with Crippen LogP contribution in [0.5, 0.6) is 0 Å². The van der Waals surface area contributed by atoms with Crippen LogP contribution in [0.2, 0.25) is 13.1 Å². The van der Waals surface area contributed by atoms with E-state index < -0.39 is 8.07 Å². The first-order valence-corrected chi connectivity index (χ1v) is 13.8. The van der Waals surface area contributed by atoms with Gasteiger partial charge in [-0.15, -0.1) is 81.2 Å². The van der Waals surface area contributed by atoms with E-state index in [1.54, 1.807) is 10.4 Å². The first-order chi connectivity index (χ1) is 13.4. The zero-order valence-corrected chi connectivity index (χ0v) is 24.6. The summed E-state index contributed by atoms with van der Waals surface area (Å²) < 4.78 is 0. The van der Waals surface area contributed by atoms with Gasteiger partial charge in [-0.2, -0.15) is 10.4 Å². The van der Waals surface area contributed by atoms with Gasteiger partial charge in [-0.1, -0.05) is 66.8 Å². The maximum atomic E-state index is 2.57. The molecule has 0 N–H and O–H groups in total. The van der Waals surface area contributed by atoms with E-state index in [0.29, 0.717) is 0 Å². The molecule has 0 bridgehead atoms. The van der Waals surface area contributed by atoms with Gasteiger partial charge in [-0.3, -0.25) is 0 Å². The number of hydrogen-bond donors (Lipinski definition) is 0. The monoisotopic (exact) mass is 516 g/mol. The van der Waals surface area contributed by atoms with Gasteiger partial charge >= 0.3 is 21.7 Å². The fraction of sp³-hybridized carbons (Fsp3) is 0.357. The number of rotatable bonds is 2. The van der Waals surface area contributed by atoms with Crippen molar-refractivity contribution in [3.63, 3.8) is 0 Å². The van der Waals surface area contributed by atoms with Crippen molar-refractivity contribution < 1.29 is 46.5 Å². The molecule has 0 aliphatic rings. The van der Waals surface area contributed by atoms with Crippen LogP contribution in [0.1, 0.15) is 52.7 Å². The summed E-state index contributed by atoms with van der Waals surface area (Å²) in [6.07, 6.45) is 0. The van der Waals surface area contributed by atoms with Crippen molar-refractivity contribution in [3.05, 3.63) is 71.8 Å². The molecule has 0 nitrogen and oxygen atoms in total. The fourth-order valence-corrected chi connectivity index (χ4v) is 9.39. The van der Waals surface area contributed by atoms with Gasteiger partial charge in [0, 0.05) is 8.07 Å². The molecule has 4 aromatic carbocycles. The Hall–Kier alpha value is -0.829. The summed E-state index contributed by atoms with van der Waals surface area (Å²) in [5, 5.41) is 8.95. The summed E-state index contributed by atoms with van der Waals surface area (Å²) >= 11 is 0. The molecule has 0 amide bonds. The topological polar surface area (TPSA) is 0 Å². The van der Waals surface area contributed by atoms with Crippen LogP contribution in [0.4, 0.5) is 0 Å². The average Bonchev–Trinajstić information content (AvgIpc) is 3.21. The van der Waals surface area contributed by atoms with E-state index >= 15 is 0 Å². The van der Waals surface area contributed by atoms with Crippen molar-refractivity contribution in [1.82, 2.24) is 0 Å². The van der Waals surface area contributed by atoms with Gasteiger partial charge in [0.25, 0.3) is 0 Å². The summed E-state index contributed by atoms with van der Waals surface area (Å²) in [6.45, 7) is 19.3. The number of fused-ring (bicyclic) bond motifs is 2. The largest absolute Gasteiger partial charge is 4.00 e. The molecule has 0 saturated carbocycles. The SMILES string of the molecule is CC(C)(C)c1[cH-]c2ccccc2c1[Si](C)(C)c1c(C(C)(C)C)[cH-]c2ccccc12.[Cl-].[Cl-].[Ti+4]. The zero-order chi connectivity index (χ0) is 21.2. The Bertz CT molecular complexity index is 1110. The van der Waals surface area contributed by atoms with Gasteiger partial charge in [-0.05, 0) is 10.8 Å². The summed E-state index contributed by atoms with van der Waals surface area (Å²) in [4.78, 5) is 0. The van der Waals surface area contributed by atoms with Crippen LogP contribution >= 0.6 is 0 Å². The summed E-state index contributed by atoms with van der Waals surface area (Å²) in [6, 6.07) is 22.9. The van der Waals surface area contributed by atoms with E-state index in [9.17, 15) is 0 Å². The molecule has 0 spiro atoms. The minimum Gasteiger partial charge on any atom is -1.00 e. The summed E-state index contributed by atoms with van der Waals surface area (Å²) in [7, 11) is -1.99. The number of hydrogen-bond acceptors (Lipinski definition) is 0.